The van der Waals surface area contributed by atoms with Crippen LogP contribution in [0, 0.1) is 0 Å². The molecule has 4 aromatic carbocycles. The van der Waals surface area contributed by atoms with Crippen molar-refractivity contribution in [2.45, 2.75) is 0 Å². The third-order valence-corrected chi connectivity index (χ3v) is 9.70. The molecule has 0 N–H and O–H groups in total. The summed E-state index contributed by atoms with van der Waals surface area (Å²) in [7, 11) is 5.00. The fourth-order valence-electron chi connectivity index (χ4n) is 4.73. The van der Waals surface area contributed by atoms with Crippen LogP contribution < -0.4 is 20.4 Å². The van der Waals surface area contributed by atoms with Gasteiger partial charge in [0.05, 0.1) is 0 Å². The van der Waals surface area contributed by atoms with Crippen LogP contribution in [0.5, 0.6) is 0 Å². The minimum atomic E-state index is -3.12. The van der Waals surface area contributed by atoms with Crippen molar-refractivity contribution in [2.75, 3.05) is 38.0 Å². The molecule has 170 valence electrons. The van der Waals surface area contributed by atoms with Crippen LogP contribution in [-0.2, 0) is 4.57 Å². The normalized spacial score (nSPS) is 16.9. The van der Waals surface area contributed by atoms with E-state index in [0.717, 1.165) is 49.6 Å². The molecule has 34 heavy (non-hydrogen) atoms. The molecule has 1 heterocycles. The molecule has 3 nitrogen and oxygen atoms in total. The van der Waals surface area contributed by atoms with Crippen molar-refractivity contribution < 1.29 is 4.57 Å². The van der Waals surface area contributed by atoms with E-state index in [9.17, 15) is 0 Å². The number of rotatable bonds is 5. The molecular weight excluding hydrogens is 435 g/mol. The molecule has 0 aliphatic carbocycles. The summed E-state index contributed by atoms with van der Waals surface area (Å²) in [4.78, 5) is 4.16. The summed E-state index contributed by atoms with van der Waals surface area (Å²) in [6, 6.07) is 35.1. The Bertz CT molecular complexity index is 1410. The Labute approximate surface area is 202 Å². The third-order valence-electron chi connectivity index (χ3n) is 6.50. The molecule has 1 atom stereocenters. The molecule has 4 heteroatoms. The first-order chi connectivity index (χ1) is 16.4. The van der Waals surface area contributed by atoms with Crippen LogP contribution in [0.4, 0.5) is 11.4 Å². The van der Waals surface area contributed by atoms with Crippen molar-refractivity contribution in [2.24, 2.45) is 0 Å². The molecule has 0 radical (unpaired) electrons. The summed E-state index contributed by atoms with van der Waals surface area (Å²) in [6.45, 7) is 0. The maximum absolute atomic E-state index is 15.4. The van der Waals surface area contributed by atoms with Gasteiger partial charge in [0.25, 0.3) is 0 Å². The average Bonchev–Trinajstić information content (AvgIpc) is 3.14. The average molecular weight is 465 g/mol. The minimum Gasteiger partial charge on any atom is -0.378 e. The molecule has 0 saturated carbocycles. The Balaban J connectivity index is 1.88. The van der Waals surface area contributed by atoms with Gasteiger partial charge in [0.2, 0.25) is 0 Å². The van der Waals surface area contributed by atoms with Gasteiger partial charge in [-0.1, -0.05) is 60.7 Å². The molecule has 0 aromatic heterocycles. The van der Waals surface area contributed by atoms with E-state index in [0.29, 0.717) is 0 Å². The number of benzene rings is 4. The fourth-order valence-corrected chi connectivity index (χ4v) is 7.95. The molecule has 0 saturated heterocycles. The van der Waals surface area contributed by atoms with Crippen LogP contribution in [0.25, 0.3) is 10.9 Å². The summed E-state index contributed by atoms with van der Waals surface area (Å²) in [5.74, 6) is 0. The summed E-state index contributed by atoms with van der Waals surface area (Å²) < 4.78 is 15.4. The van der Waals surface area contributed by atoms with Gasteiger partial charge in [0, 0.05) is 61.1 Å². The second-order valence-corrected chi connectivity index (χ2v) is 11.7. The van der Waals surface area contributed by atoms with Crippen LogP contribution >= 0.6 is 7.14 Å². The van der Waals surface area contributed by atoms with Gasteiger partial charge in [0.15, 0.2) is 7.14 Å². The fraction of sp³-hybridized carbons (Fsp3) is 0.133. The zero-order valence-corrected chi connectivity index (χ0v) is 21.0. The summed E-state index contributed by atoms with van der Waals surface area (Å²) >= 11 is 0. The lowest BCUT2D eigenvalue weighted by Gasteiger charge is -2.21. The van der Waals surface area contributed by atoms with Gasteiger partial charge in [-0.2, -0.15) is 0 Å². The quantitative estimate of drug-likeness (QED) is 0.335. The maximum atomic E-state index is 15.4. The summed E-state index contributed by atoms with van der Waals surface area (Å²) in [5.41, 5.74) is 6.38. The Morgan fingerprint density at radius 3 is 1.68 bits per heavy atom. The molecule has 0 spiro atoms. The lowest BCUT2D eigenvalue weighted by atomic mass is 9.95. The van der Waals surface area contributed by atoms with Gasteiger partial charge in [-0.15, -0.1) is 0 Å². The molecule has 0 amide bonds. The van der Waals surface area contributed by atoms with E-state index in [1.165, 1.54) is 0 Å². The molecule has 1 unspecified atom stereocenters. The lowest BCUT2D eigenvalue weighted by Crippen LogP contribution is -2.18. The van der Waals surface area contributed by atoms with Gasteiger partial charge in [0.1, 0.15) is 0 Å². The van der Waals surface area contributed by atoms with Crippen molar-refractivity contribution >= 4 is 40.0 Å². The molecule has 0 bridgehead atoms. The first-order valence-corrected chi connectivity index (χ1v) is 13.2. The van der Waals surface area contributed by atoms with Gasteiger partial charge in [-0.05, 0) is 59.2 Å². The molecule has 4 aromatic rings. The smallest absolute Gasteiger partial charge is 0.172 e. The standard InChI is InChI=1S/C30H29N2OP/c1-31(2)24-15-18-26(19-16-24)34(33)28-20-17-25(32(3)4)21-27(28)29(22-11-7-5-8-12-22)30(34)23-13-9-6-10-14-23/h5-21H,1-4H3. The molecule has 0 fully saturated rings. The predicted molar refractivity (Wildman–Crippen MR) is 147 cm³/mol. The summed E-state index contributed by atoms with van der Waals surface area (Å²) in [6.07, 6.45) is 0. The molecular formula is C30H29N2OP. The molecule has 1 aliphatic heterocycles. The maximum Gasteiger partial charge on any atom is 0.172 e. The zero-order chi connectivity index (χ0) is 23.9. The second-order valence-electron chi connectivity index (χ2n) is 9.07. The largest absolute Gasteiger partial charge is 0.378 e. The van der Waals surface area contributed by atoms with Gasteiger partial charge < -0.3 is 14.4 Å². The Morgan fingerprint density at radius 2 is 1.12 bits per heavy atom. The van der Waals surface area contributed by atoms with Gasteiger partial charge >= 0.3 is 0 Å². The Morgan fingerprint density at radius 1 is 0.588 bits per heavy atom. The van der Waals surface area contributed by atoms with Crippen molar-refractivity contribution in [1.29, 1.82) is 0 Å². The van der Waals surface area contributed by atoms with Crippen LogP contribution in [0.3, 0.4) is 0 Å². The van der Waals surface area contributed by atoms with E-state index >= 15 is 4.57 Å². The van der Waals surface area contributed by atoms with Crippen LogP contribution in [-0.4, -0.2) is 28.2 Å². The van der Waals surface area contributed by atoms with E-state index in [-0.39, 0.29) is 0 Å². The van der Waals surface area contributed by atoms with Gasteiger partial charge in [-0.3, -0.25) is 0 Å². The number of nitrogens with zero attached hydrogens (tertiary/aromatic N) is 2. The SMILES string of the molecule is CN(C)c1ccc(P2(=O)C(c3ccccc3)=C(c3ccccc3)c3cc(N(C)C)ccc32)cc1. The van der Waals surface area contributed by atoms with E-state index in [2.05, 4.69) is 76.5 Å². The van der Waals surface area contributed by atoms with Crippen LogP contribution in [0.15, 0.2) is 103 Å². The van der Waals surface area contributed by atoms with Gasteiger partial charge in [-0.25, -0.2) is 0 Å². The topological polar surface area (TPSA) is 23.6 Å². The molecule has 1 aliphatic rings. The monoisotopic (exact) mass is 464 g/mol. The minimum absolute atomic E-state index is 0.863. The highest BCUT2D eigenvalue weighted by Gasteiger charge is 2.43. The van der Waals surface area contributed by atoms with Crippen LogP contribution in [0.1, 0.15) is 16.7 Å². The highest BCUT2D eigenvalue weighted by Crippen LogP contribution is 2.65. The number of hydrogen-bond donors (Lipinski definition) is 0. The zero-order valence-electron chi connectivity index (χ0n) is 20.1. The van der Waals surface area contributed by atoms with Crippen molar-refractivity contribution in [3.05, 3.63) is 120 Å². The molecule has 5 rings (SSSR count). The first-order valence-electron chi connectivity index (χ1n) is 11.5. The van der Waals surface area contributed by atoms with Crippen molar-refractivity contribution in [3.8, 4) is 0 Å². The van der Waals surface area contributed by atoms with Crippen molar-refractivity contribution in [3.63, 3.8) is 0 Å². The number of fused-ring (bicyclic) bond motifs is 1. The number of anilines is 2. The Kier molecular flexibility index (Phi) is 5.67. The van der Waals surface area contributed by atoms with E-state index in [1.807, 2.05) is 64.6 Å². The van der Waals surface area contributed by atoms with E-state index in [1.54, 1.807) is 0 Å². The Hall–Kier alpha value is -3.55. The first kappa shape index (κ1) is 22.3. The lowest BCUT2D eigenvalue weighted by molar-refractivity contribution is 0.593. The third kappa shape index (κ3) is 3.57. The van der Waals surface area contributed by atoms with Crippen LogP contribution in [0.2, 0.25) is 0 Å². The summed E-state index contributed by atoms with van der Waals surface area (Å²) in [5, 5.41) is 2.69. The number of hydrogen-bond acceptors (Lipinski definition) is 3. The van der Waals surface area contributed by atoms with Crippen molar-refractivity contribution in [1.82, 2.24) is 0 Å². The van der Waals surface area contributed by atoms with E-state index in [4.69, 9.17) is 0 Å². The predicted octanol–water partition coefficient (Wildman–Crippen LogP) is 6.06. The highest BCUT2D eigenvalue weighted by molar-refractivity contribution is 7.88. The second kappa shape index (κ2) is 8.66. The highest BCUT2D eigenvalue weighted by atomic mass is 31.2. The van der Waals surface area contributed by atoms with E-state index < -0.39 is 7.14 Å².